The van der Waals surface area contributed by atoms with Crippen LogP contribution in [-0.4, -0.2) is 19.2 Å². The summed E-state index contributed by atoms with van der Waals surface area (Å²) in [5.74, 6) is -2.49. The lowest BCUT2D eigenvalue weighted by molar-refractivity contribution is -0.157. The standard InChI is InChI=1S/C20H31Cl2F2NOSi/c1-5-27(6-2,7-3)26-17(18-15(21)11-25-12-16(18)22)9-8-10-19(4)13-20(23,24)14-19/h11-12,17H,5-10,13-14H2,1-4H3. The molecule has 1 fully saturated rings. The predicted molar refractivity (Wildman–Crippen MR) is 111 cm³/mol. The topological polar surface area (TPSA) is 22.1 Å². The van der Waals surface area contributed by atoms with E-state index in [2.05, 4.69) is 25.8 Å². The molecule has 7 heteroatoms. The number of pyridine rings is 1. The molecule has 0 radical (unpaired) electrons. The van der Waals surface area contributed by atoms with Gasteiger partial charge >= 0.3 is 0 Å². The lowest BCUT2D eigenvalue weighted by Gasteiger charge is -2.45. The van der Waals surface area contributed by atoms with Gasteiger partial charge in [-0.15, -0.1) is 0 Å². The molecule has 2 rings (SSSR count). The number of rotatable bonds is 10. The molecule has 1 aromatic rings. The van der Waals surface area contributed by atoms with Crippen LogP contribution >= 0.6 is 23.2 Å². The van der Waals surface area contributed by atoms with Crippen LogP contribution in [0, 0.1) is 5.41 Å². The normalized spacial score (nSPS) is 19.6. The van der Waals surface area contributed by atoms with Crippen molar-refractivity contribution in [2.75, 3.05) is 0 Å². The number of halogens is 4. The Morgan fingerprint density at radius 2 is 1.63 bits per heavy atom. The Kier molecular flexibility index (Phi) is 7.73. The summed E-state index contributed by atoms with van der Waals surface area (Å²) in [5.41, 5.74) is 0.527. The maximum atomic E-state index is 13.3. The molecule has 0 spiro atoms. The highest BCUT2D eigenvalue weighted by Crippen LogP contribution is 2.54. The average Bonchev–Trinajstić information content (AvgIpc) is 2.57. The summed E-state index contributed by atoms with van der Waals surface area (Å²) in [7, 11) is -1.88. The smallest absolute Gasteiger partial charge is 0.249 e. The van der Waals surface area contributed by atoms with Gasteiger partial charge in [0.25, 0.3) is 0 Å². The first-order valence-electron chi connectivity index (χ1n) is 9.94. The molecule has 1 atom stereocenters. The summed E-state index contributed by atoms with van der Waals surface area (Å²) >= 11 is 12.8. The highest BCUT2D eigenvalue weighted by molar-refractivity contribution is 6.73. The molecular weight excluding hydrogens is 407 g/mol. The van der Waals surface area contributed by atoms with Crippen molar-refractivity contribution in [1.29, 1.82) is 0 Å². The lowest BCUT2D eigenvalue weighted by atomic mass is 9.65. The highest BCUT2D eigenvalue weighted by atomic mass is 35.5. The Labute approximate surface area is 173 Å². The zero-order chi connectivity index (χ0) is 20.3. The van der Waals surface area contributed by atoms with Gasteiger partial charge in [-0.25, -0.2) is 8.78 Å². The first-order valence-corrected chi connectivity index (χ1v) is 13.2. The van der Waals surface area contributed by atoms with Crippen molar-refractivity contribution in [2.45, 2.75) is 90.0 Å². The minimum atomic E-state index is -2.49. The third kappa shape index (κ3) is 5.65. The van der Waals surface area contributed by atoms with E-state index in [1.165, 1.54) is 0 Å². The van der Waals surface area contributed by atoms with Crippen molar-refractivity contribution in [2.24, 2.45) is 5.41 Å². The summed E-state index contributed by atoms with van der Waals surface area (Å²) in [6.45, 7) is 8.51. The fourth-order valence-electron chi connectivity index (χ4n) is 4.38. The zero-order valence-electron chi connectivity index (χ0n) is 16.8. The molecule has 0 bridgehead atoms. The molecular formula is C20H31Cl2F2NOSi. The predicted octanol–water partition coefficient (Wildman–Crippen LogP) is 8.06. The van der Waals surface area contributed by atoms with Crippen LogP contribution in [0.2, 0.25) is 28.2 Å². The number of hydrogen-bond acceptors (Lipinski definition) is 2. The third-order valence-electron chi connectivity index (χ3n) is 6.16. The second-order valence-electron chi connectivity index (χ2n) is 8.28. The number of aromatic nitrogens is 1. The van der Waals surface area contributed by atoms with Crippen LogP contribution in [0.15, 0.2) is 12.4 Å². The molecule has 1 aliphatic rings. The van der Waals surface area contributed by atoms with E-state index >= 15 is 0 Å². The van der Waals surface area contributed by atoms with Crippen LogP contribution in [0.25, 0.3) is 0 Å². The summed E-state index contributed by atoms with van der Waals surface area (Å²) in [4.78, 5) is 4.05. The lowest BCUT2D eigenvalue weighted by Crippen LogP contribution is -2.44. The molecule has 1 unspecified atom stereocenters. The van der Waals surface area contributed by atoms with E-state index in [1.807, 2.05) is 6.92 Å². The van der Waals surface area contributed by atoms with Crippen molar-refractivity contribution < 1.29 is 13.2 Å². The molecule has 2 nitrogen and oxygen atoms in total. The molecule has 1 heterocycles. The Morgan fingerprint density at radius 3 is 2.07 bits per heavy atom. The molecule has 0 aliphatic heterocycles. The Hall–Kier alpha value is -0.233. The van der Waals surface area contributed by atoms with Crippen LogP contribution in [0.4, 0.5) is 8.78 Å². The molecule has 0 aromatic carbocycles. The van der Waals surface area contributed by atoms with Crippen LogP contribution < -0.4 is 0 Å². The van der Waals surface area contributed by atoms with Gasteiger partial charge in [0.1, 0.15) is 0 Å². The summed E-state index contributed by atoms with van der Waals surface area (Å²) in [6.07, 6.45) is 5.28. The zero-order valence-corrected chi connectivity index (χ0v) is 19.3. The van der Waals surface area contributed by atoms with Crippen molar-refractivity contribution in [3.8, 4) is 0 Å². The van der Waals surface area contributed by atoms with Gasteiger partial charge in [-0.1, -0.05) is 57.3 Å². The minimum absolute atomic E-state index is 0.0140. The van der Waals surface area contributed by atoms with Crippen LogP contribution in [0.1, 0.15) is 71.5 Å². The highest BCUT2D eigenvalue weighted by Gasteiger charge is 2.52. The van der Waals surface area contributed by atoms with Crippen LogP contribution in [-0.2, 0) is 4.43 Å². The molecule has 0 saturated heterocycles. The molecule has 0 amide bonds. The second kappa shape index (κ2) is 9.06. The van der Waals surface area contributed by atoms with E-state index in [9.17, 15) is 8.78 Å². The third-order valence-corrected chi connectivity index (χ3v) is 11.4. The Balaban J connectivity index is 2.15. The quantitative estimate of drug-likeness (QED) is 0.345. The molecule has 1 aromatic heterocycles. The van der Waals surface area contributed by atoms with Gasteiger partial charge in [0.15, 0.2) is 8.32 Å². The van der Waals surface area contributed by atoms with Crippen molar-refractivity contribution in [3.05, 3.63) is 28.0 Å². The van der Waals surface area contributed by atoms with E-state index in [0.717, 1.165) is 43.0 Å². The largest absolute Gasteiger partial charge is 0.410 e. The van der Waals surface area contributed by atoms with Gasteiger partial charge in [0.2, 0.25) is 5.92 Å². The monoisotopic (exact) mass is 437 g/mol. The Morgan fingerprint density at radius 1 is 1.11 bits per heavy atom. The van der Waals surface area contributed by atoms with Gasteiger partial charge in [0.05, 0.1) is 16.1 Å². The Bertz CT molecular complexity index is 604. The first-order chi connectivity index (χ1) is 12.6. The van der Waals surface area contributed by atoms with E-state index in [-0.39, 0.29) is 24.4 Å². The number of nitrogens with zero attached hydrogens (tertiary/aromatic N) is 1. The van der Waals surface area contributed by atoms with Gasteiger partial charge in [-0.2, -0.15) is 0 Å². The first kappa shape index (κ1) is 23.0. The van der Waals surface area contributed by atoms with E-state index < -0.39 is 14.2 Å². The molecule has 27 heavy (non-hydrogen) atoms. The molecule has 1 saturated carbocycles. The van der Waals surface area contributed by atoms with E-state index in [1.54, 1.807) is 12.4 Å². The fourth-order valence-corrected chi connectivity index (χ4v) is 7.83. The molecule has 1 aliphatic carbocycles. The number of hydrogen-bond donors (Lipinski definition) is 0. The average molecular weight is 438 g/mol. The maximum Gasteiger partial charge on any atom is 0.249 e. The van der Waals surface area contributed by atoms with E-state index in [0.29, 0.717) is 10.0 Å². The van der Waals surface area contributed by atoms with Gasteiger partial charge < -0.3 is 4.43 Å². The maximum absolute atomic E-state index is 13.3. The SMILES string of the molecule is CC[Si](CC)(CC)OC(CCCC1(C)CC(F)(F)C1)c1c(Cl)cncc1Cl. The van der Waals surface area contributed by atoms with Crippen molar-refractivity contribution in [1.82, 2.24) is 4.98 Å². The summed E-state index contributed by atoms with van der Waals surface area (Å²) < 4.78 is 33.3. The summed E-state index contributed by atoms with van der Waals surface area (Å²) in [5, 5.41) is 1.03. The fraction of sp³-hybridized carbons (Fsp3) is 0.750. The van der Waals surface area contributed by atoms with Crippen LogP contribution in [0.3, 0.4) is 0 Å². The number of alkyl halides is 2. The van der Waals surface area contributed by atoms with Gasteiger partial charge in [0, 0.05) is 30.8 Å². The van der Waals surface area contributed by atoms with Gasteiger partial charge in [-0.3, -0.25) is 4.98 Å². The summed E-state index contributed by atoms with van der Waals surface area (Å²) in [6, 6.07) is 3.09. The van der Waals surface area contributed by atoms with Crippen LogP contribution in [0.5, 0.6) is 0 Å². The second-order valence-corrected chi connectivity index (χ2v) is 13.8. The molecule has 154 valence electrons. The van der Waals surface area contributed by atoms with Crippen molar-refractivity contribution in [3.63, 3.8) is 0 Å². The van der Waals surface area contributed by atoms with E-state index in [4.69, 9.17) is 27.6 Å². The minimum Gasteiger partial charge on any atom is -0.410 e. The van der Waals surface area contributed by atoms with Gasteiger partial charge in [-0.05, 0) is 36.4 Å². The van der Waals surface area contributed by atoms with Crippen molar-refractivity contribution >= 4 is 31.5 Å². The molecule has 0 N–H and O–H groups in total.